The lowest BCUT2D eigenvalue weighted by molar-refractivity contribution is -0.135. The van der Waals surface area contributed by atoms with Crippen molar-refractivity contribution in [3.63, 3.8) is 0 Å². The molecule has 2 heterocycles. The Bertz CT molecular complexity index is 979. The minimum atomic E-state index is -0.480. The molecule has 3 rings (SSSR count). The average molecular weight is 447 g/mol. The maximum atomic E-state index is 12.7. The van der Waals surface area contributed by atoms with Crippen LogP contribution in [0.15, 0.2) is 45.7 Å². The van der Waals surface area contributed by atoms with Gasteiger partial charge in [0.1, 0.15) is 18.1 Å². The van der Waals surface area contributed by atoms with Gasteiger partial charge in [0, 0.05) is 29.8 Å². The second kappa shape index (κ2) is 10.00. The molecule has 0 radical (unpaired) electrons. The lowest BCUT2D eigenvalue weighted by Gasteiger charge is -2.23. The Morgan fingerprint density at radius 3 is 2.57 bits per heavy atom. The predicted molar refractivity (Wildman–Crippen MR) is 119 cm³/mol. The highest BCUT2D eigenvalue weighted by molar-refractivity contribution is 8.18. The summed E-state index contributed by atoms with van der Waals surface area (Å²) in [4.78, 5) is 40.5. The van der Waals surface area contributed by atoms with Crippen molar-refractivity contribution in [1.29, 1.82) is 0 Å². The fourth-order valence-electron chi connectivity index (χ4n) is 3.13. The molecule has 158 valence electrons. The molecule has 1 aromatic heterocycles. The van der Waals surface area contributed by atoms with Crippen molar-refractivity contribution >= 4 is 46.5 Å². The van der Waals surface area contributed by atoms with Crippen LogP contribution in [0.25, 0.3) is 17.4 Å². The van der Waals surface area contributed by atoms with Crippen molar-refractivity contribution in [3.8, 4) is 11.3 Å². The van der Waals surface area contributed by atoms with Crippen LogP contribution in [0.3, 0.4) is 0 Å². The molecule has 0 bridgehead atoms. The van der Waals surface area contributed by atoms with Gasteiger partial charge in [-0.3, -0.25) is 19.3 Å². The standard InChI is InChI=1S/C22H23ClN2O4S/c1-3-10-24(11-4-2)20(26)14-25-21(27)19(30-22(25)28)13-17-8-9-18(29-17)15-6-5-7-16(23)12-15/h5-9,12-13H,3-4,10-11,14H2,1-2H3/b19-13-. The number of benzene rings is 1. The maximum absolute atomic E-state index is 12.7. The molecule has 1 aromatic carbocycles. The summed E-state index contributed by atoms with van der Waals surface area (Å²) in [5.74, 6) is 0.351. The molecular weight excluding hydrogens is 424 g/mol. The van der Waals surface area contributed by atoms with Crippen LogP contribution in [0.2, 0.25) is 5.02 Å². The summed E-state index contributed by atoms with van der Waals surface area (Å²) in [6.45, 7) is 4.95. The van der Waals surface area contributed by atoms with Crippen LogP contribution in [0.4, 0.5) is 4.79 Å². The normalized spacial score (nSPS) is 15.3. The van der Waals surface area contributed by atoms with Crippen molar-refractivity contribution in [1.82, 2.24) is 9.80 Å². The smallest absolute Gasteiger partial charge is 0.294 e. The molecule has 0 spiro atoms. The topological polar surface area (TPSA) is 70.8 Å². The van der Waals surface area contributed by atoms with Crippen LogP contribution in [0.5, 0.6) is 0 Å². The summed E-state index contributed by atoms with van der Waals surface area (Å²) < 4.78 is 5.78. The average Bonchev–Trinajstić information content (AvgIpc) is 3.28. The highest BCUT2D eigenvalue weighted by Gasteiger charge is 2.37. The third-order valence-electron chi connectivity index (χ3n) is 4.52. The van der Waals surface area contributed by atoms with Gasteiger partial charge in [0.25, 0.3) is 11.1 Å². The van der Waals surface area contributed by atoms with Crippen molar-refractivity contribution in [2.24, 2.45) is 0 Å². The van der Waals surface area contributed by atoms with Gasteiger partial charge in [-0.15, -0.1) is 0 Å². The van der Waals surface area contributed by atoms with Crippen LogP contribution < -0.4 is 0 Å². The summed E-state index contributed by atoms with van der Waals surface area (Å²) in [5.41, 5.74) is 0.813. The minimum absolute atomic E-state index is 0.219. The first-order valence-corrected chi connectivity index (χ1v) is 11.0. The lowest BCUT2D eigenvalue weighted by atomic mass is 10.2. The number of amides is 3. The van der Waals surface area contributed by atoms with E-state index < -0.39 is 11.1 Å². The number of halogens is 1. The van der Waals surface area contributed by atoms with Gasteiger partial charge in [0.05, 0.1) is 4.91 Å². The third kappa shape index (κ3) is 5.15. The van der Waals surface area contributed by atoms with Gasteiger partial charge in [-0.25, -0.2) is 0 Å². The fraction of sp³-hybridized carbons (Fsp3) is 0.318. The Hall–Kier alpha value is -2.51. The van der Waals surface area contributed by atoms with E-state index in [4.69, 9.17) is 16.0 Å². The number of carbonyl (C=O) groups excluding carboxylic acids is 3. The van der Waals surface area contributed by atoms with E-state index in [2.05, 4.69) is 0 Å². The fourth-order valence-corrected chi connectivity index (χ4v) is 4.14. The summed E-state index contributed by atoms with van der Waals surface area (Å²) in [6.07, 6.45) is 3.17. The highest BCUT2D eigenvalue weighted by atomic mass is 35.5. The highest BCUT2D eigenvalue weighted by Crippen LogP contribution is 2.33. The van der Waals surface area contributed by atoms with E-state index in [1.165, 1.54) is 6.08 Å². The number of furan rings is 1. The summed E-state index contributed by atoms with van der Waals surface area (Å²) in [5, 5.41) is 0.144. The van der Waals surface area contributed by atoms with Crippen molar-refractivity contribution in [2.75, 3.05) is 19.6 Å². The monoisotopic (exact) mass is 446 g/mol. The van der Waals surface area contributed by atoms with E-state index in [9.17, 15) is 14.4 Å². The largest absolute Gasteiger partial charge is 0.457 e. The summed E-state index contributed by atoms with van der Waals surface area (Å²) in [6, 6.07) is 10.7. The number of imide groups is 1. The number of carbonyl (C=O) groups is 3. The van der Waals surface area contributed by atoms with E-state index in [-0.39, 0.29) is 17.4 Å². The number of nitrogens with zero attached hydrogens (tertiary/aromatic N) is 2. The molecule has 0 aliphatic carbocycles. The van der Waals surface area contributed by atoms with Gasteiger partial charge in [-0.2, -0.15) is 0 Å². The van der Waals surface area contributed by atoms with E-state index in [0.29, 0.717) is 29.6 Å². The van der Waals surface area contributed by atoms with E-state index in [1.807, 2.05) is 26.0 Å². The van der Waals surface area contributed by atoms with Gasteiger partial charge in [-0.05, 0) is 48.9 Å². The Balaban J connectivity index is 1.73. The van der Waals surface area contributed by atoms with Crippen molar-refractivity contribution < 1.29 is 18.8 Å². The Kier molecular flexibility index (Phi) is 7.39. The second-order valence-electron chi connectivity index (χ2n) is 6.86. The lowest BCUT2D eigenvalue weighted by Crippen LogP contribution is -2.42. The molecule has 6 nitrogen and oxygen atoms in total. The summed E-state index contributed by atoms with van der Waals surface area (Å²) >= 11 is 6.83. The number of hydrogen-bond acceptors (Lipinski definition) is 5. The van der Waals surface area contributed by atoms with Crippen LogP contribution >= 0.6 is 23.4 Å². The number of hydrogen-bond donors (Lipinski definition) is 0. The Labute approximate surface area is 184 Å². The molecule has 3 amide bonds. The summed E-state index contributed by atoms with van der Waals surface area (Å²) in [7, 11) is 0. The van der Waals surface area contributed by atoms with Crippen LogP contribution in [0, 0.1) is 0 Å². The molecular formula is C22H23ClN2O4S. The van der Waals surface area contributed by atoms with Gasteiger partial charge < -0.3 is 9.32 Å². The minimum Gasteiger partial charge on any atom is -0.457 e. The van der Waals surface area contributed by atoms with Crippen LogP contribution in [0.1, 0.15) is 32.4 Å². The zero-order valence-corrected chi connectivity index (χ0v) is 18.5. The number of rotatable bonds is 8. The van der Waals surface area contributed by atoms with E-state index in [1.54, 1.807) is 29.2 Å². The predicted octanol–water partition coefficient (Wildman–Crippen LogP) is 5.28. The SMILES string of the molecule is CCCN(CCC)C(=O)CN1C(=O)S/C(=C\c2ccc(-c3cccc(Cl)c3)o2)C1=O. The Morgan fingerprint density at radius 2 is 1.90 bits per heavy atom. The van der Waals surface area contributed by atoms with E-state index >= 15 is 0 Å². The van der Waals surface area contributed by atoms with Crippen molar-refractivity contribution in [3.05, 3.63) is 52.1 Å². The zero-order valence-electron chi connectivity index (χ0n) is 16.9. The zero-order chi connectivity index (χ0) is 21.7. The first kappa shape index (κ1) is 22.2. The van der Waals surface area contributed by atoms with Crippen LogP contribution in [-0.2, 0) is 9.59 Å². The molecule has 1 saturated heterocycles. The maximum Gasteiger partial charge on any atom is 0.294 e. The molecule has 1 fully saturated rings. The van der Waals surface area contributed by atoms with Gasteiger partial charge in [0.2, 0.25) is 5.91 Å². The number of thioether (sulfide) groups is 1. The van der Waals surface area contributed by atoms with Crippen LogP contribution in [-0.4, -0.2) is 46.5 Å². The van der Waals surface area contributed by atoms with E-state index in [0.717, 1.165) is 35.1 Å². The molecule has 2 aromatic rings. The van der Waals surface area contributed by atoms with Gasteiger partial charge in [0.15, 0.2) is 0 Å². The first-order chi connectivity index (χ1) is 14.4. The van der Waals surface area contributed by atoms with Gasteiger partial charge >= 0.3 is 0 Å². The molecule has 1 aliphatic heterocycles. The third-order valence-corrected chi connectivity index (χ3v) is 5.66. The molecule has 8 heteroatoms. The molecule has 0 N–H and O–H groups in total. The van der Waals surface area contributed by atoms with Crippen molar-refractivity contribution in [2.45, 2.75) is 26.7 Å². The Morgan fingerprint density at radius 1 is 1.17 bits per heavy atom. The second-order valence-corrected chi connectivity index (χ2v) is 8.29. The molecule has 0 unspecified atom stereocenters. The van der Waals surface area contributed by atoms with Gasteiger partial charge in [-0.1, -0.05) is 37.6 Å². The molecule has 30 heavy (non-hydrogen) atoms. The molecule has 0 saturated carbocycles. The first-order valence-electron chi connectivity index (χ1n) is 9.81. The molecule has 1 aliphatic rings. The molecule has 0 atom stereocenters. The quantitative estimate of drug-likeness (QED) is 0.515.